The van der Waals surface area contributed by atoms with E-state index in [0.29, 0.717) is 18.6 Å². The van der Waals surface area contributed by atoms with Gasteiger partial charge in [0.15, 0.2) is 0 Å². The summed E-state index contributed by atoms with van der Waals surface area (Å²) in [6.07, 6.45) is 3.89. The number of amides is 2. The quantitative estimate of drug-likeness (QED) is 0.900. The van der Waals surface area contributed by atoms with Crippen molar-refractivity contribution in [3.8, 4) is 0 Å². The van der Waals surface area contributed by atoms with Gasteiger partial charge in [-0.15, -0.1) is 0 Å². The number of fused-ring (bicyclic) bond motifs is 1. The highest BCUT2D eigenvalue weighted by Crippen LogP contribution is 2.33. The number of aryl methyl sites for hydroxylation is 1. The average Bonchev–Trinajstić information content (AvgIpc) is 2.53. The second-order valence-corrected chi connectivity index (χ2v) is 5.62. The van der Waals surface area contributed by atoms with Gasteiger partial charge in [-0.25, -0.2) is 5.43 Å². The number of carbonyl (C=O) groups is 2. The minimum atomic E-state index is -0.128. The van der Waals surface area contributed by atoms with Crippen LogP contribution in [-0.2, 0) is 16.0 Å². The number of nitrogens with one attached hydrogen (secondary N) is 1. The van der Waals surface area contributed by atoms with Crippen molar-refractivity contribution < 1.29 is 9.59 Å². The maximum absolute atomic E-state index is 12.6. The molecule has 1 aromatic carbocycles. The number of rotatable bonds is 2. The topological polar surface area (TPSA) is 61.8 Å². The van der Waals surface area contributed by atoms with Crippen molar-refractivity contribution in [1.29, 1.82) is 0 Å². The Morgan fingerprint density at radius 1 is 1.29 bits per heavy atom. The summed E-state index contributed by atoms with van der Waals surface area (Å²) in [5.41, 5.74) is 5.40. The molecule has 5 nitrogen and oxygen atoms in total. The third-order valence-corrected chi connectivity index (χ3v) is 4.28. The number of carbonyl (C=O) groups excluding carboxylic acids is 2. The first-order valence-corrected chi connectivity index (χ1v) is 7.37. The van der Waals surface area contributed by atoms with E-state index < -0.39 is 0 Å². The molecule has 0 aromatic heterocycles. The summed E-state index contributed by atoms with van der Waals surface area (Å²) in [5.74, 6) is -0.214. The van der Waals surface area contributed by atoms with Crippen molar-refractivity contribution >= 4 is 17.5 Å². The molecule has 1 N–H and O–H groups in total. The minimum Gasteiger partial charge on any atom is -0.334 e. The van der Waals surface area contributed by atoms with Crippen LogP contribution in [0.4, 0.5) is 0 Å². The normalized spacial score (nSPS) is 21.1. The highest BCUT2D eigenvalue weighted by Gasteiger charge is 2.29. The van der Waals surface area contributed by atoms with Crippen LogP contribution in [0.2, 0.25) is 0 Å². The van der Waals surface area contributed by atoms with E-state index in [9.17, 15) is 9.59 Å². The Kier molecular flexibility index (Phi) is 3.73. The van der Waals surface area contributed by atoms with Crippen molar-refractivity contribution in [2.75, 3.05) is 7.05 Å². The molecule has 0 fully saturated rings. The Morgan fingerprint density at radius 3 is 2.86 bits per heavy atom. The molecule has 2 aliphatic rings. The fraction of sp³-hybridized carbons (Fsp3) is 0.438. The summed E-state index contributed by atoms with van der Waals surface area (Å²) >= 11 is 0. The highest BCUT2D eigenvalue weighted by atomic mass is 16.2. The monoisotopic (exact) mass is 285 g/mol. The third-order valence-electron chi connectivity index (χ3n) is 4.28. The maximum Gasteiger partial charge on any atom is 0.270 e. The van der Waals surface area contributed by atoms with Gasteiger partial charge in [0, 0.05) is 19.9 Å². The van der Waals surface area contributed by atoms with E-state index in [0.717, 1.165) is 19.3 Å². The summed E-state index contributed by atoms with van der Waals surface area (Å²) in [6, 6.07) is 8.41. The van der Waals surface area contributed by atoms with Crippen LogP contribution in [0.3, 0.4) is 0 Å². The molecule has 1 atom stereocenters. The van der Waals surface area contributed by atoms with E-state index in [1.165, 1.54) is 11.1 Å². The van der Waals surface area contributed by atoms with E-state index in [1.54, 1.807) is 4.90 Å². The molecule has 2 amide bonds. The van der Waals surface area contributed by atoms with Crippen molar-refractivity contribution in [3.05, 3.63) is 35.4 Å². The molecular weight excluding hydrogens is 266 g/mol. The summed E-state index contributed by atoms with van der Waals surface area (Å²) in [4.78, 5) is 25.5. The van der Waals surface area contributed by atoms with Gasteiger partial charge < -0.3 is 4.90 Å². The van der Waals surface area contributed by atoms with Crippen LogP contribution < -0.4 is 5.43 Å². The molecule has 0 saturated heterocycles. The smallest absolute Gasteiger partial charge is 0.270 e. The van der Waals surface area contributed by atoms with E-state index in [2.05, 4.69) is 22.7 Å². The average molecular weight is 285 g/mol. The first-order valence-electron chi connectivity index (χ1n) is 7.37. The van der Waals surface area contributed by atoms with Crippen LogP contribution in [0, 0.1) is 0 Å². The van der Waals surface area contributed by atoms with Gasteiger partial charge in [-0.3, -0.25) is 9.59 Å². The van der Waals surface area contributed by atoms with Crippen LogP contribution in [0.1, 0.15) is 42.9 Å². The SMILES string of the molecule is CN(C(=O)C1=NNC(=O)CC1)C1CCCc2ccccc21. The van der Waals surface area contributed by atoms with E-state index in [4.69, 9.17) is 0 Å². The molecule has 3 rings (SSSR count). The van der Waals surface area contributed by atoms with Gasteiger partial charge in [-0.2, -0.15) is 5.10 Å². The summed E-state index contributed by atoms with van der Waals surface area (Å²) in [7, 11) is 1.83. The summed E-state index contributed by atoms with van der Waals surface area (Å²) in [6.45, 7) is 0. The minimum absolute atomic E-state index is 0.0864. The molecule has 110 valence electrons. The first kappa shape index (κ1) is 13.8. The zero-order valence-electron chi connectivity index (χ0n) is 12.1. The molecule has 1 aromatic rings. The molecule has 1 heterocycles. The number of hydrogen-bond donors (Lipinski definition) is 1. The Morgan fingerprint density at radius 2 is 2.10 bits per heavy atom. The van der Waals surface area contributed by atoms with E-state index >= 15 is 0 Å². The molecule has 0 radical (unpaired) electrons. The molecule has 0 bridgehead atoms. The number of benzene rings is 1. The molecule has 0 saturated carbocycles. The maximum atomic E-state index is 12.6. The van der Waals surface area contributed by atoms with Crippen LogP contribution in [0.15, 0.2) is 29.4 Å². The van der Waals surface area contributed by atoms with Crippen LogP contribution in [-0.4, -0.2) is 29.5 Å². The molecule has 5 heteroatoms. The standard InChI is InChI=1S/C16H19N3O2/c1-19(16(21)13-9-10-15(20)18-17-13)14-8-4-6-11-5-2-3-7-12(11)14/h2-3,5,7,14H,4,6,8-10H2,1H3,(H,18,20). The second kappa shape index (κ2) is 5.68. The molecule has 1 aliphatic carbocycles. The molecule has 1 aliphatic heterocycles. The number of hydrazone groups is 1. The van der Waals surface area contributed by atoms with Gasteiger partial charge in [0.25, 0.3) is 5.91 Å². The van der Waals surface area contributed by atoms with Crippen LogP contribution in [0.5, 0.6) is 0 Å². The Labute approximate surface area is 124 Å². The van der Waals surface area contributed by atoms with Gasteiger partial charge in [-0.05, 0) is 30.4 Å². The predicted octanol–water partition coefficient (Wildman–Crippen LogP) is 1.79. The molecule has 1 unspecified atom stereocenters. The van der Waals surface area contributed by atoms with Crippen molar-refractivity contribution in [2.45, 2.75) is 38.1 Å². The highest BCUT2D eigenvalue weighted by molar-refractivity contribution is 6.39. The Bertz CT molecular complexity index is 609. The van der Waals surface area contributed by atoms with Crippen molar-refractivity contribution in [2.24, 2.45) is 5.10 Å². The lowest BCUT2D eigenvalue weighted by Gasteiger charge is -2.33. The fourth-order valence-corrected chi connectivity index (χ4v) is 3.10. The van der Waals surface area contributed by atoms with Gasteiger partial charge in [0.1, 0.15) is 5.71 Å². The van der Waals surface area contributed by atoms with Gasteiger partial charge >= 0.3 is 0 Å². The van der Waals surface area contributed by atoms with E-state index in [-0.39, 0.29) is 17.9 Å². The number of hydrogen-bond acceptors (Lipinski definition) is 3. The van der Waals surface area contributed by atoms with E-state index in [1.807, 2.05) is 19.2 Å². The summed E-state index contributed by atoms with van der Waals surface area (Å²) in [5, 5.41) is 3.91. The Hall–Kier alpha value is -2.17. The lowest BCUT2D eigenvalue weighted by atomic mass is 9.87. The molecule has 0 spiro atoms. The van der Waals surface area contributed by atoms with Gasteiger partial charge in [-0.1, -0.05) is 24.3 Å². The molecular formula is C16H19N3O2. The first-order chi connectivity index (χ1) is 10.2. The zero-order valence-corrected chi connectivity index (χ0v) is 12.1. The van der Waals surface area contributed by atoms with Gasteiger partial charge in [0.2, 0.25) is 5.91 Å². The Balaban J connectivity index is 1.81. The van der Waals surface area contributed by atoms with Crippen LogP contribution >= 0.6 is 0 Å². The lowest BCUT2D eigenvalue weighted by molar-refractivity contribution is -0.125. The number of nitrogens with zero attached hydrogens (tertiary/aromatic N) is 2. The van der Waals surface area contributed by atoms with Gasteiger partial charge in [0.05, 0.1) is 6.04 Å². The van der Waals surface area contributed by atoms with Crippen molar-refractivity contribution in [3.63, 3.8) is 0 Å². The zero-order chi connectivity index (χ0) is 14.8. The van der Waals surface area contributed by atoms with Crippen LogP contribution in [0.25, 0.3) is 0 Å². The molecule has 21 heavy (non-hydrogen) atoms. The largest absolute Gasteiger partial charge is 0.334 e. The second-order valence-electron chi connectivity index (χ2n) is 5.62. The fourth-order valence-electron chi connectivity index (χ4n) is 3.10. The van der Waals surface area contributed by atoms with Crippen molar-refractivity contribution in [1.82, 2.24) is 10.3 Å². The third kappa shape index (κ3) is 2.68. The lowest BCUT2D eigenvalue weighted by Crippen LogP contribution is -2.40. The predicted molar refractivity (Wildman–Crippen MR) is 79.7 cm³/mol. The summed E-state index contributed by atoms with van der Waals surface area (Å²) < 4.78 is 0.